The number of hydrogen-bond donors (Lipinski definition) is 8. The van der Waals surface area contributed by atoms with Crippen LogP contribution in [0.2, 0.25) is 0 Å². The molecule has 5 heterocycles. The first-order valence-corrected chi connectivity index (χ1v) is 26.0. The van der Waals surface area contributed by atoms with E-state index in [1.165, 1.54) is 0 Å². The zero-order valence-corrected chi connectivity index (χ0v) is 37.3. The van der Waals surface area contributed by atoms with E-state index in [2.05, 4.69) is 37.2 Å². The summed E-state index contributed by atoms with van der Waals surface area (Å²) in [5.41, 5.74) is 0. The molecule has 4 aliphatic carbocycles. The third-order valence-electron chi connectivity index (χ3n) is 15.2. The van der Waals surface area contributed by atoms with Gasteiger partial charge in [-0.15, -0.1) is 0 Å². The van der Waals surface area contributed by atoms with Crippen molar-refractivity contribution in [2.24, 2.45) is 47.3 Å². The van der Waals surface area contributed by atoms with Crippen molar-refractivity contribution >= 4 is 40.5 Å². The molecule has 9 aliphatic rings. The number of fused-ring (bicyclic) bond motifs is 20. The second-order valence-corrected chi connectivity index (χ2v) is 24.0. The van der Waals surface area contributed by atoms with E-state index in [4.69, 9.17) is 5.32 Å². The summed E-state index contributed by atoms with van der Waals surface area (Å²) in [5, 5.41) is 17.5. The topological polar surface area (TPSA) is 364 Å². The number of rotatable bonds is 4. The molecule has 0 aromatic rings. The molecular formula is C32H55Cu2N9O12S4. The monoisotopic (exact) mass is 1010 g/mol. The summed E-state index contributed by atoms with van der Waals surface area (Å²) in [6, 6.07) is 0. The summed E-state index contributed by atoms with van der Waals surface area (Å²) in [6.45, 7) is 0. The van der Waals surface area contributed by atoms with Crippen LogP contribution in [0.3, 0.4) is 0 Å². The Morgan fingerprint density at radius 1 is 0.356 bits per heavy atom. The second-order valence-electron chi connectivity index (χ2n) is 17.9. The Balaban J connectivity index is 0.00000195. The molecule has 27 heteroatoms. The van der Waals surface area contributed by atoms with Gasteiger partial charge in [-0.2, -0.15) is 0 Å². The van der Waals surface area contributed by atoms with Gasteiger partial charge in [-0.05, 0) is 61.2 Å². The fraction of sp³-hybridized carbons (Fsp3) is 1.00. The van der Waals surface area contributed by atoms with Crippen LogP contribution in [0.4, 0.5) is 0 Å². The Labute approximate surface area is 367 Å². The SMILES string of the molecule is O=S(=O)([O-])C1C2C3NC4NC(NC5[N-]C(NC6NC(NC(N3)C2C(S(=O)(=O)[O-])C(S(=O)(=O)[O-])C1S(=O)(=O)[O-])C1CCCCC61)C1CCCCC51)C1CCCCC41.[Cu+2].[Cu+2].[NH4+]. The van der Waals surface area contributed by atoms with Crippen molar-refractivity contribution in [2.75, 3.05) is 0 Å². The molecule has 8 bridgehead atoms. The van der Waals surface area contributed by atoms with Gasteiger partial charge in [-0.3, -0.25) is 26.6 Å². The third-order valence-corrected chi connectivity index (χ3v) is 20.8. The van der Waals surface area contributed by atoms with E-state index in [0.29, 0.717) is 11.8 Å². The molecule has 346 valence electrons. The summed E-state index contributed by atoms with van der Waals surface area (Å²) in [4.78, 5) is 0. The second kappa shape index (κ2) is 17.6. The summed E-state index contributed by atoms with van der Waals surface area (Å²) < 4.78 is 157. The first-order chi connectivity index (χ1) is 26.3. The number of nitrogens with one attached hydrogen (secondary N) is 7. The maximum Gasteiger partial charge on any atom is 2.00 e. The zero-order valence-electron chi connectivity index (χ0n) is 32.1. The van der Waals surface area contributed by atoms with Gasteiger partial charge in [0.1, 0.15) is 20.2 Å². The van der Waals surface area contributed by atoms with Crippen molar-refractivity contribution in [1.29, 1.82) is 0 Å². The quantitative estimate of drug-likeness (QED) is 0.110. The van der Waals surface area contributed by atoms with Gasteiger partial charge in [-0.25, -0.2) is 33.7 Å². The number of nitrogens with zero attached hydrogens (tertiary/aromatic N) is 1. The van der Waals surface area contributed by atoms with E-state index >= 15 is 0 Å². The summed E-state index contributed by atoms with van der Waals surface area (Å²) in [6.07, 6.45) is 6.06. The van der Waals surface area contributed by atoms with E-state index in [1.54, 1.807) is 0 Å². The van der Waals surface area contributed by atoms with Crippen LogP contribution in [0.5, 0.6) is 0 Å². The van der Waals surface area contributed by atoms with Crippen molar-refractivity contribution in [3.8, 4) is 0 Å². The molecule has 59 heavy (non-hydrogen) atoms. The molecule has 11 N–H and O–H groups in total. The standard InChI is InChI=1S/C32H55N8O12S4.2Cu.H3N/c41-53(42,43)21-19-20(22(54(44,45)46)24(56(50,51)52)23(21)55(47,48)49)32-39-30-18-12-6-4-10-16(18)28(37-30)35-26-14-8-2-1-7-13(14)25(33-26)34-27-15-9-3-5-11-17(15)29(36-27)38-31(19)40-32;;;/h13-32,34-40H,1-12H2,(H,41,42,43)(H,44,45,46)(H,47,48,49)(H,50,51,52);;;1H3/q-1;2*+2;/p-3. The predicted octanol–water partition coefficient (Wildman–Crippen LogP) is -2.14. The zero-order chi connectivity index (χ0) is 39.7. The van der Waals surface area contributed by atoms with Gasteiger partial charge < -0.3 is 40.3 Å². The molecule has 20 unspecified atom stereocenters. The van der Waals surface area contributed by atoms with Crippen molar-refractivity contribution < 1.29 is 86.0 Å². The molecule has 0 aromatic heterocycles. The normalized spacial score (nSPS) is 48.5. The summed E-state index contributed by atoms with van der Waals surface area (Å²) in [7, 11) is -24.4. The van der Waals surface area contributed by atoms with Gasteiger partial charge in [0.15, 0.2) is 0 Å². The maximum absolute atomic E-state index is 13.3. The molecule has 20 atom stereocenters. The average Bonchev–Trinajstić information content (AvgIpc) is 3.84. The van der Waals surface area contributed by atoms with E-state index in [0.717, 1.165) is 77.0 Å². The smallest absolute Gasteiger partial charge is 0.748 e. The predicted molar refractivity (Wildman–Crippen MR) is 199 cm³/mol. The Hall–Kier alpha value is 0.319. The molecule has 4 saturated carbocycles. The molecule has 9 rings (SSSR count). The first kappa shape index (κ1) is 48.8. The molecule has 5 aliphatic heterocycles. The van der Waals surface area contributed by atoms with Crippen LogP contribution in [0, 0.1) is 47.3 Å². The minimum absolute atomic E-state index is 0. The Morgan fingerprint density at radius 2 is 0.593 bits per heavy atom. The third kappa shape index (κ3) is 8.76. The summed E-state index contributed by atoms with van der Waals surface area (Å²) >= 11 is 0. The van der Waals surface area contributed by atoms with Gasteiger partial charge in [-0.1, -0.05) is 63.7 Å². The number of quaternary nitrogens is 1. The Bertz CT molecular complexity index is 1860. The van der Waals surface area contributed by atoms with Gasteiger partial charge in [0.05, 0.1) is 78.2 Å². The molecule has 0 amide bonds. The van der Waals surface area contributed by atoms with Gasteiger partial charge in [0.2, 0.25) is 0 Å². The van der Waals surface area contributed by atoms with Crippen LogP contribution in [0.15, 0.2) is 0 Å². The van der Waals surface area contributed by atoms with Crippen LogP contribution in [-0.2, 0) is 74.6 Å². The van der Waals surface area contributed by atoms with Crippen LogP contribution < -0.4 is 43.4 Å². The van der Waals surface area contributed by atoms with Crippen LogP contribution in [0.1, 0.15) is 77.0 Å². The maximum atomic E-state index is 13.3. The minimum atomic E-state index is -6.23. The van der Waals surface area contributed by atoms with Crippen LogP contribution in [0.25, 0.3) is 5.32 Å². The van der Waals surface area contributed by atoms with E-state index in [-0.39, 0.29) is 88.6 Å². The van der Waals surface area contributed by atoms with E-state index in [9.17, 15) is 51.9 Å². The van der Waals surface area contributed by atoms with E-state index < -0.39 is 98.0 Å². The molecule has 2 radical (unpaired) electrons. The fourth-order valence-corrected chi connectivity index (χ4v) is 20.3. The van der Waals surface area contributed by atoms with Gasteiger partial charge >= 0.3 is 34.1 Å². The summed E-state index contributed by atoms with van der Waals surface area (Å²) in [5.74, 6) is -3.33. The Kier molecular flexibility index (Phi) is 14.6. The van der Waals surface area contributed by atoms with Crippen molar-refractivity contribution in [2.45, 2.75) is 147 Å². The minimum Gasteiger partial charge on any atom is -0.748 e. The molecule has 5 saturated heterocycles. The largest absolute Gasteiger partial charge is 2.00 e. The molecule has 9 fully saturated rings. The molecular weight excluding hydrogens is 958 g/mol. The van der Waals surface area contributed by atoms with Gasteiger partial charge in [0.25, 0.3) is 0 Å². The van der Waals surface area contributed by atoms with E-state index in [1.807, 2.05) is 0 Å². The molecule has 0 spiro atoms. The van der Waals surface area contributed by atoms with Crippen molar-refractivity contribution in [3.63, 3.8) is 0 Å². The first-order valence-electron chi connectivity index (χ1n) is 20.1. The van der Waals surface area contributed by atoms with Crippen molar-refractivity contribution in [1.82, 2.24) is 43.4 Å². The average molecular weight is 1010 g/mol. The Morgan fingerprint density at radius 3 is 0.881 bits per heavy atom. The number of hydrogen-bond acceptors (Lipinski definition) is 19. The van der Waals surface area contributed by atoms with Crippen LogP contribution >= 0.6 is 0 Å². The molecule has 0 aromatic carbocycles. The van der Waals surface area contributed by atoms with Gasteiger partial charge in [0, 0.05) is 11.8 Å². The van der Waals surface area contributed by atoms with Crippen molar-refractivity contribution in [3.05, 3.63) is 5.32 Å². The fourth-order valence-electron chi connectivity index (χ4n) is 13.2. The van der Waals surface area contributed by atoms with Crippen LogP contribution in [-0.4, -0.2) is 122 Å². The molecule has 21 nitrogen and oxygen atoms in total.